The maximum atomic E-state index is 3.31. The SMILES string of the molecule is CCC(C)(CNC)C1CCC1. The molecule has 0 heterocycles. The normalized spacial score (nSPS) is 24.3. The molecule has 1 nitrogen and oxygen atoms in total. The first kappa shape index (κ1) is 9.05. The summed E-state index contributed by atoms with van der Waals surface area (Å²) in [6, 6.07) is 0. The molecular weight excluding hydrogens is 134 g/mol. The summed E-state index contributed by atoms with van der Waals surface area (Å²) < 4.78 is 0. The van der Waals surface area contributed by atoms with Crippen LogP contribution in [0, 0.1) is 11.3 Å². The Hall–Kier alpha value is -0.0400. The van der Waals surface area contributed by atoms with Gasteiger partial charge in [-0.1, -0.05) is 20.3 Å². The molecule has 1 atom stereocenters. The lowest BCUT2D eigenvalue weighted by molar-refractivity contribution is 0.0973. The number of rotatable bonds is 4. The first-order valence-corrected chi connectivity index (χ1v) is 4.87. The molecule has 0 bridgehead atoms. The van der Waals surface area contributed by atoms with Crippen LogP contribution in [0.1, 0.15) is 39.5 Å². The molecule has 1 saturated carbocycles. The number of nitrogens with one attached hydrogen (secondary N) is 1. The van der Waals surface area contributed by atoms with Crippen molar-refractivity contribution in [2.24, 2.45) is 11.3 Å². The van der Waals surface area contributed by atoms with Gasteiger partial charge in [-0.3, -0.25) is 0 Å². The van der Waals surface area contributed by atoms with Gasteiger partial charge in [0, 0.05) is 6.54 Å². The van der Waals surface area contributed by atoms with Crippen molar-refractivity contribution >= 4 is 0 Å². The molecule has 0 saturated heterocycles. The van der Waals surface area contributed by atoms with Gasteiger partial charge in [-0.2, -0.15) is 0 Å². The third-order valence-corrected chi connectivity index (χ3v) is 3.48. The fraction of sp³-hybridized carbons (Fsp3) is 1.00. The zero-order valence-electron chi connectivity index (χ0n) is 8.11. The first-order valence-electron chi connectivity index (χ1n) is 4.87. The van der Waals surface area contributed by atoms with Crippen LogP contribution in [0.3, 0.4) is 0 Å². The van der Waals surface area contributed by atoms with Crippen molar-refractivity contribution in [3.05, 3.63) is 0 Å². The molecule has 1 aliphatic rings. The predicted octanol–water partition coefficient (Wildman–Crippen LogP) is 2.42. The molecule has 0 aromatic carbocycles. The van der Waals surface area contributed by atoms with E-state index >= 15 is 0 Å². The summed E-state index contributed by atoms with van der Waals surface area (Å²) in [5.74, 6) is 1.000. The van der Waals surface area contributed by atoms with E-state index in [-0.39, 0.29) is 0 Å². The molecule has 1 rings (SSSR count). The van der Waals surface area contributed by atoms with E-state index in [1.165, 1.54) is 32.2 Å². The van der Waals surface area contributed by atoms with Crippen LogP contribution in [0.25, 0.3) is 0 Å². The molecule has 0 aromatic rings. The number of hydrogen-bond donors (Lipinski definition) is 1. The van der Waals surface area contributed by atoms with E-state index in [0.717, 1.165) is 5.92 Å². The van der Waals surface area contributed by atoms with Crippen LogP contribution >= 0.6 is 0 Å². The molecule has 1 heteroatoms. The molecule has 1 unspecified atom stereocenters. The van der Waals surface area contributed by atoms with Crippen LogP contribution in [0.5, 0.6) is 0 Å². The summed E-state index contributed by atoms with van der Waals surface area (Å²) in [4.78, 5) is 0. The Kier molecular flexibility index (Phi) is 2.94. The summed E-state index contributed by atoms with van der Waals surface area (Å²) in [5.41, 5.74) is 0.576. The van der Waals surface area contributed by atoms with Crippen LogP contribution in [0.2, 0.25) is 0 Å². The minimum atomic E-state index is 0.576. The minimum Gasteiger partial charge on any atom is -0.319 e. The molecule has 0 amide bonds. The smallest absolute Gasteiger partial charge is 0.000471 e. The monoisotopic (exact) mass is 155 g/mol. The minimum absolute atomic E-state index is 0.576. The third-order valence-electron chi connectivity index (χ3n) is 3.48. The van der Waals surface area contributed by atoms with Crippen LogP contribution in [0.4, 0.5) is 0 Å². The fourth-order valence-electron chi connectivity index (χ4n) is 2.07. The molecule has 1 fully saturated rings. The highest BCUT2D eigenvalue weighted by Crippen LogP contribution is 2.43. The van der Waals surface area contributed by atoms with E-state index in [1.54, 1.807) is 0 Å². The summed E-state index contributed by atoms with van der Waals surface area (Å²) in [6.45, 7) is 5.93. The van der Waals surface area contributed by atoms with E-state index in [4.69, 9.17) is 0 Å². The summed E-state index contributed by atoms with van der Waals surface area (Å²) >= 11 is 0. The Balaban J connectivity index is 2.43. The van der Waals surface area contributed by atoms with E-state index in [0.29, 0.717) is 5.41 Å². The highest BCUT2D eigenvalue weighted by molar-refractivity contribution is 4.87. The van der Waals surface area contributed by atoms with Gasteiger partial charge in [-0.05, 0) is 37.6 Å². The van der Waals surface area contributed by atoms with E-state index in [9.17, 15) is 0 Å². The second kappa shape index (κ2) is 3.57. The van der Waals surface area contributed by atoms with Crippen LogP contribution < -0.4 is 5.32 Å². The maximum Gasteiger partial charge on any atom is 0.000471 e. The Morgan fingerprint density at radius 2 is 2.09 bits per heavy atom. The topological polar surface area (TPSA) is 12.0 Å². The van der Waals surface area contributed by atoms with Crippen molar-refractivity contribution < 1.29 is 0 Å². The van der Waals surface area contributed by atoms with Crippen molar-refractivity contribution in [1.82, 2.24) is 5.32 Å². The summed E-state index contributed by atoms with van der Waals surface area (Å²) in [7, 11) is 2.06. The van der Waals surface area contributed by atoms with E-state index < -0.39 is 0 Å². The highest BCUT2D eigenvalue weighted by atomic mass is 14.8. The van der Waals surface area contributed by atoms with Gasteiger partial charge in [0.25, 0.3) is 0 Å². The molecule has 0 radical (unpaired) electrons. The molecule has 1 aliphatic carbocycles. The van der Waals surface area contributed by atoms with Crippen LogP contribution in [-0.4, -0.2) is 13.6 Å². The van der Waals surface area contributed by atoms with Crippen molar-refractivity contribution in [3.8, 4) is 0 Å². The van der Waals surface area contributed by atoms with Crippen LogP contribution in [0.15, 0.2) is 0 Å². The maximum absolute atomic E-state index is 3.31. The van der Waals surface area contributed by atoms with E-state index in [1.807, 2.05) is 0 Å². The van der Waals surface area contributed by atoms with Crippen molar-refractivity contribution in [1.29, 1.82) is 0 Å². The average Bonchev–Trinajstić information content (AvgIpc) is 1.84. The van der Waals surface area contributed by atoms with Crippen LogP contribution in [-0.2, 0) is 0 Å². The number of hydrogen-bond acceptors (Lipinski definition) is 1. The van der Waals surface area contributed by atoms with Gasteiger partial charge >= 0.3 is 0 Å². The summed E-state index contributed by atoms with van der Waals surface area (Å²) in [6.07, 6.45) is 5.71. The molecule has 0 spiro atoms. The lowest BCUT2D eigenvalue weighted by Gasteiger charge is -2.42. The van der Waals surface area contributed by atoms with Crippen molar-refractivity contribution in [2.45, 2.75) is 39.5 Å². The first-order chi connectivity index (χ1) is 5.23. The van der Waals surface area contributed by atoms with Gasteiger partial charge in [-0.15, -0.1) is 0 Å². The molecule has 0 aromatic heterocycles. The standard InChI is InChI=1S/C10H21N/c1-4-10(2,8-11-3)9-6-5-7-9/h9,11H,4-8H2,1-3H3. The highest BCUT2D eigenvalue weighted by Gasteiger charge is 2.35. The Bertz CT molecular complexity index is 118. The zero-order chi connectivity index (χ0) is 8.32. The van der Waals surface area contributed by atoms with Gasteiger partial charge in [-0.25, -0.2) is 0 Å². The lowest BCUT2D eigenvalue weighted by Crippen LogP contribution is -2.39. The second-order valence-electron chi connectivity index (χ2n) is 4.17. The van der Waals surface area contributed by atoms with Gasteiger partial charge in [0.15, 0.2) is 0 Å². The Morgan fingerprint density at radius 3 is 2.36 bits per heavy atom. The predicted molar refractivity (Wildman–Crippen MR) is 49.7 cm³/mol. The molecule has 0 aliphatic heterocycles. The largest absolute Gasteiger partial charge is 0.319 e. The van der Waals surface area contributed by atoms with E-state index in [2.05, 4.69) is 26.2 Å². The zero-order valence-corrected chi connectivity index (χ0v) is 8.11. The third kappa shape index (κ3) is 1.76. The van der Waals surface area contributed by atoms with Gasteiger partial charge < -0.3 is 5.32 Å². The Morgan fingerprint density at radius 1 is 1.45 bits per heavy atom. The van der Waals surface area contributed by atoms with Gasteiger partial charge in [0.05, 0.1) is 0 Å². The lowest BCUT2D eigenvalue weighted by atomic mass is 9.65. The molecule has 1 N–H and O–H groups in total. The molecular formula is C10H21N. The average molecular weight is 155 g/mol. The van der Waals surface area contributed by atoms with Crippen molar-refractivity contribution in [3.63, 3.8) is 0 Å². The fourth-order valence-corrected chi connectivity index (χ4v) is 2.07. The summed E-state index contributed by atoms with van der Waals surface area (Å²) in [5, 5.41) is 3.31. The molecule has 11 heavy (non-hydrogen) atoms. The second-order valence-corrected chi connectivity index (χ2v) is 4.17. The van der Waals surface area contributed by atoms with Crippen molar-refractivity contribution in [2.75, 3.05) is 13.6 Å². The molecule has 66 valence electrons. The van der Waals surface area contributed by atoms with Gasteiger partial charge in [0.2, 0.25) is 0 Å². The Labute approximate surface area is 70.6 Å². The van der Waals surface area contributed by atoms with Gasteiger partial charge in [0.1, 0.15) is 0 Å². The quantitative estimate of drug-likeness (QED) is 0.657.